The lowest BCUT2D eigenvalue weighted by Gasteiger charge is -2.18. The van der Waals surface area contributed by atoms with Crippen LogP contribution in [0.15, 0.2) is 0 Å². The van der Waals surface area contributed by atoms with Crippen molar-refractivity contribution < 1.29 is 15.0 Å². The number of carbonyl (C=O) groups excluding carboxylic acids is 1. The van der Waals surface area contributed by atoms with Gasteiger partial charge in [-0.05, 0) is 6.42 Å². The second kappa shape index (κ2) is 6.12. The maximum Gasteiger partial charge on any atom is 0.219 e. The van der Waals surface area contributed by atoms with Crippen LogP contribution in [0.4, 0.5) is 0 Å². The Kier molecular flexibility index (Phi) is 5.78. The summed E-state index contributed by atoms with van der Waals surface area (Å²) in [5.41, 5.74) is 0. The molecule has 1 amide bonds. The third kappa shape index (κ3) is 4.75. The molecule has 4 nitrogen and oxygen atoms in total. The number of hydrogen-bond donors (Lipinski definition) is 2. The molecule has 0 saturated heterocycles. The molecule has 11 heavy (non-hydrogen) atoms. The lowest BCUT2D eigenvalue weighted by Crippen LogP contribution is -2.32. The van der Waals surface area contributed by atoms with Crippen LogP contribution in [0.1, 0.15) is 13.3 Å². The zero-order chi connectivity index (χ0) is 8.69. The van der Waals surface area contributed by atoms with Gasteiger partial charge >= 0.3 is 0 Å². The Balaban J connectivity index is 3.60. The monoisotopic (exact) mass is 161 g/mol. The van der Waals surface area contributed by atoms with E-state index in [9.17, 15) is 4.79 Å². The average molecular weight is 161 g/mol. The summed E-state index contributed by atoms with van der Waals surface area (Å²) in [5.74, 6) is -0.0625. The number of aliphatic hydroxyl groups is 2. The molecule has 0 aromatic carbocycles. The van der Waals surface area contributed by atoms with E-state index in [1.54, 1.807) is 0 Å². The van der Waals surface area contributed by atoms with Crippen LogP contribution in [0, 0.1) is 0 Å². The highest BCUT2D eigenvalue weighted by atomic mass is 16.3. The summed E-state index contributed by atoms with van der Waals surface area (Å²) in [6, 6.07) is 0. The van der Waals surface area contributed by atoms with Gasteiger partial charge < -0.3 is 15.1 Å². The lowest BCUT2D eigenvalue weighted by atomic mass is 10.4. The molecule has 0 atom stereocenters. The van der Waals surface area contributed by atoms with Crippen molar-refractivity contribution in [2.75, 3.05) is 26.3 Å². The molecule has 0 radical (unpaired) electrons. The second-order valence-corrected chi connectivity index (χ2v) is 2.31. The highest BCUT2D eigenvalue weighted by Crippen LogP contribution is 1.90. The quantitative estimate of drug-likeness (QED) is 0.555. The minimum atomic E-state index is -0.0625. The van der Waals surface area contributed by atoms with E-state index >= 15 is 0 Å². The topological polar surface area (TPSA) is 60.8 Å². The van der Waals surface area contributed by atoms with Crippen LogP contribution in [0.25, 0.3) is 0 Å². The SMILES string of the molecule is CC(=O)N(CCO)CCCO. The van der Waals surface area contributed by atoms with Gasteiger partial charge in [0, 0.05) is 26.6 Å². The zero-order valence-electron chi connectivity index (χ0n) is 6.79. The summed E-state index contributed by atoms with van der Waals surface area (Å²) in [4.78, 5) is 12.3. The molecule has 4 heteroatoms. The predicted octanol–water partition coefficient (Wildman–Crippen LogP) is -0.790. The first-order chi connectivity index (χ1) is 5.22. The van der Waals surface area contributed by atoms with Crippen LogP contribution in [-0.2, 0) is 4.79 Å². The molecule has 0 aliphatic rings. The summed E-state index contributed by atoms with van der Waals surface area (Å²) in [7, 11) is 0. The molecule has 66 valence electrons. The fourth-order valence-electron chi connectivity index (χ4n) is 0.809. The molecule has 0 spiro atoms. The number of amides is 1. The van der Waals surface area contributed by atoms with E-state index in [1.165, 1.54) is 11.8 Å². The van der Waals surface area contributed by atoms with Gasteiger partial charge in [0.25, 0.3) is 0 Å². The summed E-state index contributed by atoms with van der Waals surface area (Å²) in [5, 5.41) is 17.0. The molecule has 0 aromatic rings. The molecule has 0 aliphatic carbocycles. The molecular weight excluding hydrogens is 146 g/mol. The Labute approximate surface area is 66.4 Å². The van der Waals surface area contributed by atoms with Crippen molar-refractivity contribution in [2.45, 2.75) is 13.3 Å². The fourth-order valence-corrected chi connectivity index (χ4v) is 0.809. The number of carbonyl (C=O) groups is 1. The van der Waals surface area contributed by atoms with E-state index < -0.39 is 0 Å². The minimum absolute atomic E-state index is 0.0228. The number of hydrogen-bond acceptors (Lipinski definition) is 3. The molecule has 0 saturated carbocycles. The predicted molar refractivity (Wildman–Crippen MR) is 41.0 cm³/mol. The Hall–Kier alpha value is -0.610. The van der Waals surface area contributed by atoms with Crippen LogP contribution in [-0.4, -0.2) is 47.3 Å². The van der Waals surface area contributed by atoms with Gasteiger partial charge in [-0.2, -0.15) is 0 Å². The Morgan fingerprint density at radius 3 is 2.27 bits per heavy atom. The molecule has 0 aromatic heterocycles. The lowest BCUT2D eigenvalue weighted by molar-refractivity contribution is -0.129. The molecule has 0 unspecified atom stereocenters. The highest BCUT2D eigenvalue weighted by molar-refractivity contribution is 5.73. The highest BCUT2D eigenvalue weighted by Gasteiger charge is 2.05. The van der Waals surface area contributed by atoms with E-state index in [2.05, 4.69) is 0 Å². The normalized spacial score (nSPS) is 9.73. The van der Waals surface area contributed by atoms with E-state index in [1.807, 2.05) is 0 Å². The summed E-state index contributed by atoms with van der Waals surface area (Å²) < 4.78 is 0. The van der Waals surface area contributed by atoms with Crippen LogP contribution in [0.2, 0.25) is 0 Å². The van der Waals surface area contributed by atoms with E-state index in [-0.39, 0.29) is 19.1 Å². The van der Waals surface area contributed by atoms with Crippen molar-refractivity contribution in [1.82, 2.24) is 4.90 Å². The standard InChI is InChI=1S/C7H15NO3/c1-7(11)8(4-6-10)3-2-5-9/h9-10H,2-6H2,1H3. The second-order valence-electron chi connectivity index (χ2n) is 2.31. The van der Waals surface area contributed by atoms with Crippen molar-refractivity contribution in [3.63, 3.8) is 0 Å². The van der Waals surface area contributed by atoms with Crippen LogP contribution >= 0.6 is 0 Å². The van der Waals surface area contributed by atoms with E-state index in [4.69, 9.17) is 10.2 Å². The maximum atomic E-state index is 10.8. The number of nitrogens with zero attached hydrogens (tertiary/aromatic N) is 1. The van der Waals surface area contributed by atoms with Gasteiger partial charge in [0.1, 0.15) is 0 Å². The molecule has 0 fully saturated rings. The zero-order valence-corrected chi connectivity index (χ0v) is 6.79. The number of aliphatic hydroxyl groups excluding tert-OH is 2. The molecule has 0 rings (SSSR count). The Bertz CT molecular complexity index is 116. The van der Waals surface area contributed by atoms with Crippen LogP contribution in [0.3, 0.4) is 0 Å². The molecule has 0 aliphatic heterocycles. The summed E-state index contributed by atoms with van der Waals surface area (Å²) in [6.07, 6.45) is 0.569. The molecule has 0 bridgehead atoms. The average Bonchev–Trinajstić information content (AvgIpc) is 1.97. The fraction of sp³-hybridized carbons (Fsp3) is 0.857. The van der Waals surface area contributed by atoms with Gasteiger partial charge in [0.05, 0.1) is 6.61 Å². The van der Waals surface area contributed by atoms with Crippen molar-refractivity contribution in [2.24, 2.45) is 0 Å². The summed E-state index contributed by atoms with van der Waals surface area (Å²) in [6.45, 7) is 2.38. The van der Waals surface area contributed by atoms with Crippen molar-refractivity contribution in [3.05, 3.63) is 0 Å². The third-order valence-electron chi connectivity index (χ3n) is 1.40. The van der Waals surface area contributed by atoms with Crippen molar-refractivity contribution in [1.29, 1.82) is 0 Å². The van der Waals surface area contributed by atoms with Crippen LogP contribution < -0.4 is 0 Å². The van der Waals surface area contributed by atoms with E-state index in [0.29, 0.717) is 19.5 Å². The number of rotatable bonds is 5. The Morgan fingerprint density at radius 1 is 1.27 bits per heavy atom. The smallest absolute Gasteiger partial charge is 0.219 e. The third-order valence-corrected chi connectivity index (χ3v) is 1.40. The van der Waals surface area contributed by atoms with Gasteiger partial charge in [0.15, 0.2) is 0 Å². The Morgan fingerprint density at radius 2 is 1.91 bits per heavy atom. The first-order valence-corrected chi connectivity index (χ1v) is 3.69. The van der Waals surface area contributed by atoms with Gasteiger partial charge in [-0.1, -0.05) is 0 Å². The van der Waals surface area contributed by atoms with Gasteiger partial charge in [-0.25, -0.2) is 0 Å². The summed E-state index contributed by atoms with van der Waals surface area (Å²) >= 11 is 0. The van der Waals surface area contributed by atoms with E-state index in [0.717, 1.165) is 0 Å². The molecular formula is C7H15NO3. The van der Waals surface area contributed by atoms with Crippen LogP contribution in [0.5, 0.6) is 0 Å². The minimum Gasteiger partial charge on any atom is -0.396 e. The maximum absolute atomic E-state index is 10.8. The molecule has 0 heterocycles. The van der Waals surface area contributed by atoms with Gasteiger partial charge in [-0.15, -0.1) is 0 Å². The van der Waals surface area contributed by atoms with Gasteiger partial charge in [-0.3, -0.25) is 4.79 Å². The van der Waals surface area contributed by atoms with Crippen molar-refractivity contribution >= 4 is 5.91 Å². The first kappa shape index (κ1) is 10.4. The van der Waals surface area contributed by atoms with Crippen molar-refractivity contribution in [3.8, 4) is 0 Å². The van der Waals surface area contributed by atoms with Gasteiger partial charge in [0.2, 0.25) is 5.91 Å². The molecule has 2 N–H and O–H groups in total. The largest absolute Gasteiger partial charge is 0.396 e. The first-order valence-electron chi connectivity index (χ1n) is 3.69.